The number of ether oxygens (including phenoxy) is 1. The molecule has 2 amide bonds. The van der Waals surface area contributed by atoms with E-state index in [1.165, 1.54) is 0 Å². The number of likely N-dealkylation sites (tertiary alicyclic amines) is 1. The third-order valence-electron chi connectivity index (χ3n) is 5.51. The Bertz CT molecular complexity index is 1100. The van der Waals surface area contributed by atoms with Crippen LogP contribution in [0.2, 0.25) is 0 Å². The number of likely N-dealkylation sites (N-methyl/N-ethyl adjacent to an activating group) is 1. The maximum Gasteiger partial charge on any atom is 0.410 e. The molecule has 0 N–H and O–H groups in total. The Balaban J connectivity index is 1.35. The third kappa shape index (κ3) is 3.08. The van der Waals surface area contributed by atoms with Gasteiger partial charge in [-0.05, 0) is 18.2 Å². The van der Waals surface area contributed by atoms with Crippen molar-refractivity contribution in [1.29, 1.82) is 0 Å². The second-order valence-corrected chi connectivity index (χ2v) is 7.64. The van der Waals surface area contributed by atoms with E-state index in [-0.39, 0.29) is 12.0 Å². The van der Waals surface area contributed by atoms with Crippen molar-refractivity contribution in [3.63, 3.8) is 0 Å². The van der Waals surface area contributed by atoms with E-state index in [0.717, 1.165) is 5.69 Å². The van der Waals surface area contributed by atoms with Gasteiger partial charge in [-0.2, -0.15) is 0 Å². The summed E-state index contributed by atoms with van der Waals surface area (Å²) in [5.74, 6) is -0.124. The number of carbonyl (C=O) groups is 2. The number of hydrogen-bond acceptors (Lipinski definition) is 6. The van der Waals surface area contributed by atoms with Gasteiger partial charge in [-0.1, -0.05) is 6.07 Å². The number of carbonyl (C=O) groups excluding carboxylic acids is 2. The first-order valence-electron chi connectivity index (χ1n) is 9.47. The summed E-state index contributed by atoms with van der Waals surface area (Å²) in [6, 6.07) is 7.52. The van der Waals surface area contributed by atoms with Crippen molar-refractivity contribution in [2.75, 3.05) is 26.7 Å². The Morgan fingerprint density at radius 2 is 2.14 bits per heavy atom. The Hall–Kier alpha value is -3.49. The molecule has 5 heterocycles. The van der Waals surface area contributed by atoms with E-state index in [9.17, 15) is 9.59 Å². The number of aromatic nitrogens is 4. The highest BCUT2D eigenvalue weighted by Gasteiger charge is 2.49. The lowest BCUT2D eigenvalue weighted by Gasteiger charge is -2.21. The molecule has 29 heavy (non-hydrogen) atoms. The quantitative estimate of drug-likeness (QED) is 0.671. The minimum Gasteiger partial charge on any atom is -0.439 e. The van der Waals surface area contributed by atoms with E-state index >= 15 is 0 Å². The summed E-state index contributed by atoms with van der Waals surface area (Å²) in [4.78, 5) is 41.2. The fraction of sp³-hybridized carbons (Fsp3) is 0.350. The van der Waals surface area contributed by atoms with Gasteiger partial charge in [-0.15, -0.1) is 0 Å². The molecule has 1 spiro atoms. The lowest BCUT2D eigenvalue weighted by molar-refractivity contribution is 0.0553. The van der Waals surface area contributed by atoms with Gasteiger partial charge in [0.2, 0.25) is 0 Å². The van der Waals surface area contributed by atoms with Crippen molar-refractivity contribution in [2.45, 2.75) is 18.6 Å². The lowest BCUT2D eigenvalue weighted by atomic mass is 10.0. The summed E-state index contributed by atoms with van der Waals surface area (Å²) in [6.45, 7) is 2.01. The van der Waals surface area contributed by atoms with Crippen molar-refractivity contribution < 1.29 is 14.3 Å². The van der Waals surface area contributed by atoms with E-state index < -0.39 is 5.60 Å². The fourth-order valence-electron chi connectivity index (χ4n) is 4.05. The molecule has 1 atom stereocenters. The molecule has 9 nitrogen and oxygen atoms in total. The van der Waals surface area contributed by atoms with Gasteiger partial charge in [0.15, 0.2) is 11.2 Å². The smallest absolute Gasteiger partial charge is 0.410 e. The monoisotopic (exact) mass is 392 g/mol. The van der Waals surface area contributed by atoms with Crippen LogP contribution >= 0.6 is 0 Å². The fourth-order valence-corrected chi connectivity index (χ4v) is 4.05. The van der Waals surface area contributed by atoms with Crippen molar-refractivity contribution in [1.82, 2.24) is 29.3 Å². The van der Waals surface area contributed by atoms with Gasteiger partial charge in [0, 0.05) is 32.4 Å². The second kappa shape index (κ2) is 6.54. The molecule has 0 bridgehead atoms. The van der Waals surface area contributed by atoms with Crippen LogP contribution in [0.15, 0.2) is 43.0 Å². The topological polar surface area (TPSA) is 93.5 Å². The average Bonchev–Trinajstić information content (AvgIpc) is 3.40. The summed E-state index contributed by atoms with van der Waals surface area (Å²) in [6.07, 6.45) is 5.35. The molecule has 2 aliphatic rings. The number of fused-ring (bicyclic) bond motifs is 1. The number of imidazole rings is 1. The third-order valence-corrected chi connectivity index (χ3v) is 5.51. The van der Waals surface area contributed by atoms with E-state index in [1.807, 2.05) is 22.8 Å². The minimum atomic E-state index is -0.594. The van der Waals surface area contributed by atoms with Crippen LogP contribution in [0.1, 0.15) is 22.5 Å². The Kier molecular flexibility index (Phi) is 3.97. The molecule has 2 fully saturated rings. The molecule has 1 unspecified atom stereocenters. The van der Waals surface area contributed by atoms with Crippen LogP contribution in [0, 0.1) is 0 Å². The predicted octanol–water partition coefficient (Wildman–Crippen LogP) is 1.54. The molecule has 0 saturated carbocycles. The van der Waals surface area contributed by atoms with E-state index in [2.05, 4.69) is 15.0 Å². The zero-order valence-electron chi connectivity index (χ0n) is 16.0. The highest BCUT2D eigenvalue weighted by Crippen LogP contribution is 2.32. The Labute approximate surface area is 166 Å². The van der Waals surface area contributed by atoms with Crippen molar-refractivity contribution >= 4 is 23.2 Å². The Morgan fingerprint density at radius 3 is 2.90 bits per heavy atom. The minimum absolute atomic E-state index is 0.124. The van der Waals surface area contributed by atoms with Crippen LogP contribution in [-0.2, 0) is 11.3 Å². The zero-order chi connectivity index (χ0) is 20.0. The average molecular weight is 392 g/mol. The molecule has 3 aromatic rings. The number of rotatable bonds is 3. The number of pyridine rings is 2. The van der Waals surface area contributed by atoms with Crippen molar-refractivity contribution in [3.05, 3.63) is 54.2 Å². The second-order valence-electron chi connectivity index (χ2n) is 7.64. The predicted molar refractivity (Wildman–Crippen MR) is 103 cm³/mol. The molecular weight excluding hydrogens is 372 g/mol. The van der Waals surface area contributed by atoms with Gasteiger partial charge < -0.3 is 19.1 Å². The molecule has 148 valence electrons. The SMILES string of the molecule is CN1CC2(CCN(C(=O)c3cnc4c(c3)ncn4Cc3ccccn3)C2)OC1=O. The van der Waals surface area contributed by atoms with E-state index in [4.69, 9.17) is 4.74 Å². The highest BCUT2D eigenvalue weighted by atomic mass is 16.6. The summed E-state index contributed by atoms with van der Waals surface area (Å²) in [5, 5.41) is 0. The highest BCUT2D eigenvalue weighted by molar-refractivity contribution is 5.96. The molecular formula is C20H20N6O3. The molecule has 0 aromatic carbocycles. The van der Waals surface area contributed by atoms with Crippen LogP contribution in [0.3, 0.4) is 0 Å². The van der Waals surface area contributed by atoms with E-state index in [0.29, 0.717) is 49.3 Å². The molecule has 0 radical (unpaired) electrons. The van der Waals surface area contributed by atoms with Crippen LogP contribution in [0.5, 0.6) is 0 Å². The molecule has 3 aromatic heterocycles. The molecule has 9 heteroatoms. The summed E-state index contributed by atoms with van der Waals surface area (Å²) in [7, 11) is 1.71. The largest absolute Gasteiger partial charge is 0.439 e. The Morgan fingerprint density at radius 1 is 1.24 bits per heavy atom. The van der Waals surface area contributed by atoms with Gasteiger partial charge >= 0.3 is 6.09 Å². The standard InChI is InChI=1S/C20H20N6O3/c1-24-11-20(29-19(24)28)5-7-25(12-20)18(27)14-8-16-17(22-9-14)26(13-23-16)10-15-4-2-3-6-21-15/h2-4,6,8-9,13H,5,7,10-12H2,1H3. The summed E-state index contributed by atoms with van der Waals surface area (Å²) < 4.78 is 7.43. The molecule has 2 aliphatic heterocycles. The maximum atomic E-state index is 13.0. The summed E-state index contributed by atoms with van der Waals surface area (Å²) in [5.41, 5.74) is 2.16. The van der Waals surface area contributed by atoms with Crippen LogP contribution in [0.25, 0.3) is 11.2 Å². The van der Waals surface area contributed by atoms with Gasteiger partial charge in [-0.3, -0.25) is 9.78 Å². The van der Waals surface area contributed by atoms with Crippen LogP contribution in [0.4, 0.5) is 4.79 Å². The number of amides is 2. The van der Waals surface area contributed by atoms with Gasteiger partial charge in [0.1, 0.15) is 5.52 Å². The first kappa shape index (κ1) is 17.6. The van der Waals surface area contributed by atoms with Gasteiger partial charge in [0.25, 0.3) is 5.91 Å². The number of nitrogens with zero attached hydrogens (tertiary/aromatic N) is 6. The first-order chi connectivity index (χ1) is 14.0. The summed E-state index contributed by atoms with van der Waals surface area (Å²) >= 11 is 0. The normalized spacial score (nSPS) is 21.3. The lowest BCUT2D eigenvalue weighted by Crippen LogP contribution is -2.39. The maximum absolute atomic E-state index is 13.0. The first-order valence-corrected chi connectivity index (χ1v) is 9.47. The molecule has 0 aliphatic carbocycles. The number of hydrogen-bond donors (Lipinski definition) is 0. The van der Waals surface area contributed by atoms with Crippen LogP contribution < -0.4 is 0 Å². The van der Waals surface area contributed by atoms with Crippen LogP contribution in [-0.4, -0.2) is 73.6 Å². The zero-order valence-corrected chi connectivity index (χ0v) is 16.0. The van der Waals surface area contributed by atoms with Crippen molar-refractivity contribution in [3.8, 4) is 0 Å². The van der Waals surface area contributed by atoms with E-state index in [1.54, 1.807) is 41.6 Å². The van der Waals surface area contributed by atoms with Crippen molar-refractivity contribution in [2.24, 2.45) is 0 Å². The van der Waals surface area contributed by atoms with Gasteiger partial charge in [-0.25, -0.2) is 14.8 Å². The molecule has 2 saturated heterocycles. The van der Waals surface area contributed by atoms with Gasteiger partial charge in [0.05, 0.1) is 37.2 Å². The molecule has 5 rings (SSSR count).